The van der Waals surface area contributed by atoms with Gasteiger partial charge in [-0.15, -0.1) is 0 Å². The molecule has 3 aromatic rings. The van der Waals surface area contributed by atoms with E-state index in [9.17, 15) is 22.8 Å². The maximum Gasteiger partial charge on any atom is 0.288 e. The van der Waals surface area contributed by atoms with Crippen LogP contribution in [0.3, 0.4) is 0 Å². The number of hydrogen-bond donors (Lipinski definition) is 1. The van der Waals surface area contributed by atoms with Crippen LogP contribution in [0.4, 0.5) is 0 Å². The Morgan fingerprint density at radius 1 is 0.917 bits per heavy atom. The minimum atomic E-state index is -4.29. The third-order valence-electron chi connectivity index (χ3n) is 5.87. The van der Waals surface area contributed by atoms with E-state index in [2.05, 4.69) is 5.32 Å². The summed E-state index contributed by atoms with van der Waals surface area (Å²) in [6.45, 7) is 2.34. The first kappa shape index (κ1) is 25.5. The number of benzene rings is 2. The van der Waals surface area contributed by atoms with Crippen molar-refractivity contribution < 1.29 is 27.2 Å². The van der Waals surface area contributed by atoms with E-state index in [0.29, 0.717) is 10.6 Å². The third kappa shape index (κ3) is 5.29. The molecule has 1 aromatic heterocycles. The van der Waals surface area contributed by atoms with Gasteiger partial charge < -0.3 is 19.5 Å². The summed E-state index contributed by atoms with van der Waals surface area (Å²) in [5.74, 6) is -2.02. The highest BCUT2D eigenvalue weighted by Gasteiger charge is 2.40. The predicted molar refractivity (Wildman–Crippen MR) is 132 cm³/mol. The second kappa shape index (κ2) is 10.5. The minimum Gasteiger partial charge on any atom is -0.459 e. The Morgan fingerprint density at radius 2 is 1.56 bits per heavy atom. The highest BCUT2D eigenvalue weighted by Crippen LogP contribution is 2.21. The molecule has 0 unspecified atom stereocenters. The number of piperazine rings is 1. The predicted octanol–water partition coefficient (Wildman–Crippen LogP) is 2.76. The van der Waals surface area contributed by atoms with Gasteiger partial charge >= 0.3 is 0 Å². The van der Waals surface area contributed by atoms with Crippen LogP contribution in [-0.2, 0) is 14.6 Å². The summed E-state index contributed by atoms with van der Waals surface area (Å²) in [6.07, 6.45) is 1.27. The number of furan rings is 1. The van der Waals surface area contributed by atoms with Crippen LogP contribution in [0.1, 0.15) is 26.5 Å². The SMILES string of the molecule is Cc1ccc(S(=O)(=O)[C@H](NC(=O)c2ccco2)C(=O)N2CCN(C(=O)c3ccccc3Cl)CC2)cc1. The van der Waals surface area contributed by atoms with Crippen LogP contribution in [0.25, 0.3) is 0 Å². The molecule has 0 bridgehead atoms. The van der Waals surface area contributed by atoms with Crippen LogP contribution in [0.2, 0.25) is 5.02 Å². The standard InChI is InChI=1S/C25H24ClN3O6S/c1-17-8-10-18(11-9-17)36(33,34)23(27-22(30)21-7-4-16-35-21)25(32)29-14-12-28(13-15-29)24(31)19-5-2-3-6-20(19)26/h2-11,16,23H,12-15H2,1H3,(H,27,30)/t23-/m0/s1. The van der Waals surface area contributed by atoms with Crippen molar-refractivity contribution in [2.75, 3.05) is 26.2 Å². The van der Waals surface area contributed by atoms with Crippen LogP contribution >= 0.6 is 11.6 Å². The van der Waals surface area contributed by atoms with Crippen molar-refractivity contribution in [3.05, 3.63) is 88.8 Å². The molecule has 1 fully saturated rings. The lowest BCUT2D eigenvalue weighted by Gasteiger charge is -2.36. The van der Waals surface area contributed by atoms with Crippen molar-refractivity contribution in [1.29, 1.82) is 0 Å². The normalized spacial score (nSPS) is 14.8. The first-order chi connectivity index (χ1) is 17.2. The largest absolute Gasteiger partial charge is 0.459 e. The number of carbonyl (C=O) groups is 3. The topological polar surface area (TPSA) is 117 Å². The highest BCUT2D eigenvalue weighted by molar-refractivity contribution is 7.92. The van der Waals surface area contributed by atoms with E-state index in [-0.39, 0.29) is 42.7 Å². The summed E-state index contributed by atoms with van der Waals surface area (Å²) in [5.41, 5.74) is 1.19. The molecule has 188 valence electrons. The Bertz CT molecular complexity index is 1370. The van der Waals surface area contributed by atoms with Crippen LogP contribution in [-0.4, -0.2) is 67.5 Å². The number of sulfone groups is 1. The second-order valence-corrected chi connectivity index (χ2v) is 10.7. The molecule has 36 heavy (non-hydrogen) atoms. The van der Waals surface area contributed by atoms with Crippen molar-refractivity contribution in [3.8, 4) is 0 Å². The Labute approximate surface area is 213 Å². The fraction of sp³-hybridized carbons (Fsp3) is 0.240. The van der Waals surface area contributed by atoms with Crippen molar-refractivity contribution in [2.24, 2.45) is 0 Å². The summed E-state index contributed by atoms with van der Waals surface area (Å²) in [4.78, 5) is 41.8. The van der Waals surface area contributed by atoms with Crippen molar-refractivity contribution >= 4 is 39.2 Å². The molecule has 0 aliphatic carbocycles. The Balaban J connectivity index is 1.54. The Morgan fingerprint density at radius 3 is 2.17 bits per heavy atom. The van der Waals surface area contributed by atoms with E-state index in [0.717, 1.165) is 5.56 Å². The fourth-order valence-corrected chi connectivity index (χ4v) is 5.52. The van der Waals surface area contributed by atoms with E-state index in [4.69, 9.17) is 16.0 Å². The monoisotopic (exact) mass is 529 g/mol. The van der Waals surface area contributed by atoms with E-state index < -0.39 is 27.0 Å². The summed E-state index contributed by atoms with van der Waals surface area (Å²) in [5, 5.41) is 0.781. The summed E-state index contributed by atoms with van der Waals surface area (Å²) >= 11 is 6.14. The molecule has 2 heterocycles. The molecule has 1 atom stereocenters. The summed E-state index contributed by atoms with van der Waals surface area (Å²) in [6, 6.07) is 15.5. The average molecular weight is 530 g/mol. The van der Waals surface area contributed by atoms with E-state index in [1.807, 2.05) is 0 Å². The number of aryl methyl sites for hydroxylation is 1. The molecular formula is C25H24ClN3O6S. The fourth-order valence-electron chi connectivity index (χ4n) is 3.83. The Hall–Kier alpha value is -3.63. The van der Waals surface area contributed by atoms with Gasteiger partial charge in [0.25, 0.3) is 17.7 Å². The smallest absolute Gasteiger partial charge is 0.288 e. The van der Waals surface area contributed by atoms with Crippen LogP contribution in [0, 0.1) is 6.92 Å². The van der Waals surface area contributed by atoms with E-state index in [1.54, 1.807) is 48.2 Å². The van der Waals surface area contributed by atoms with Crippen LogP contribution in [0.5, 0.6) is 0 Å². The number of rotatable bonds is 6. The molecular weight excluding hydrogens is 506 g/mol. The van der Waals surface area contributed by atoms with Gasteiger partial charge in [0.1, 0.15) is 0 Å². The zero-order valence-electron chi connectivity index (χ0n) is 19.4. The number of halogens is 1. The first-order valence-corrected chi connectivity index (χ1v) is 13.1. The van der Waals surface area contributed by atoms with Gasteiger partial charge in [0.2, 0.25) is 15.2 Å². The van der Waals surface area contributed by atoms with Crippen molar-refractivity contribution in [3.63, 3.8) is 0 Å². The maximum atomic E-state index is 13.5. The molecule has 1 saturated heterocycles. The lowest BCUT2D eigenvalue weighted by atomic mass is 10.2. The molecule has 9 nitrogen and oxygen atoms in total. The lowest BCUT2D eigenvalue weighted by molar-refractivity contribution is -0.132. The first-order valence-electron chi connectivity index (χ1n) is 11.2. The van der Waals surface area contributed by atoms with Gasteiger partial charge in [0, 0.05) is 26.2 Å². The van der Waals surface area contributed by atoms with Gasteiger partial charge in [0.05, 0.1) is 21.7 Å². The van der Waals surface area contributed by atoms with Gasteiger partial charge in [-0.25, -0.2) is 8.42 Å². The third-order valence-corrected chi connectivity index (χ3v) is 8.07. The quantitative estimate of drug-likeness (QED) is 0.525. The van der Waals surface area contributed by atoms with E-state index >= 15 is 0 Å². The molecule has 4 rings (SSSR count). The second-order valence-electron chi connectivity index (χ2n) is 8.29. The van der Waals surface area contributed by atoms with Gasteiger partial charge in [-0.1, -0.05) is 41.4 Å². The van der Waals surface area contributed by atoms with E-state index in [1.165, 1.54) is 35.4 Å². The van der Waals surface area contributed by atoms with Crippen molar-refractivity contribution in [2.45, 2.75) is 17.2 Å². The maximum absolute atomic E-state index is 13.5. The number of nitrogens with zero attached hydrogens (tertiary/aromatic N) is 2. The van der Waals surface area contributed by atoms with Crippen LogP contribution in [0.15, 0.2) is 76.2 Å². The molecule has 1 aliphatic rings. The number of carbonyl (C=O) groups excluding carboxylic acids is 3. The number of nitrogens with one attached hydrogen (secondary N) is 1. The summed E-state index contributed by atoms with van der Waals surface area (Å²) in [7, 11) is -4.29. The van der Waals surface area contributed by atoms with Crippen molar-refractivity contribution in [1.82, 2.24) is 15.1 Å². The zero-order chi connectivity index (χ0) is 25.9. The van der Waals surface area contributed by atoms with Gasteiger partial charge in [-0.2, -0.15) is 0 Å². The molecule has 3 amide bonds. The molecule has 1 N–H and O–H groups in total. The average Bonchev–Trinajstić information content (AvgIpc) is 3.42. The summed E-state index contributed by atoms with van der Waals surface area (Å²) < 4.78 is 32.0. The zero-order valence-corrected chi connectivity index (χ0v) is 21.0. The van der Waals surface area contributed by atoms with Gasteiger partial charge in [0.15, 0.2) is 5.76 Å². The Kier molecular flexibility index (Phi) is 7.46. The van der Waals surface area contributed by atoms with Gasteiger partial charge in [-0.05, 0) is 43.3 Å². The van der Waals surface area contributed by atoms with Crippen LogP contribution < -0.4 is 5.32 Å². The molecule has 0 radical (unpaired) electrons. The minimum absolute atomic E-state index is 0.0889. The number of hydrogen-bond acceptors (Lipinski definition) is 6. The molecule has 11 heteroatoms. The molecule has 0 saturated carbocycles. The molecule has 2 aromatic carbocycles. The van der Waals surface area contributed by atoms with Gasteiger partial charge in [-0.3, -0.25) is 14.4 Å². The lowest BCUT2D eigenvalue weighted by Crippen LogP contribution is -2.57. The number of amides is 3. The molecule has 1 aliphatic heterocycles. The molecule has 0 spiro atoms. The highest BCUT2D eigenvalue weighted by atomic mass is 35.5.